The molecule has 1 unspecified atom stereocenters. The first-order valence-electron chi connectivity index (χ1n) is 7.23. The molecule has 0 bridgehead atoms. The molecule has 3 rings (SSSR count). The molecule has 2 N–H and O–H groups in total. The highest BCUT2D eigenvalue weighted by Crippen LogP contribution is 2.23. The van der Waals surface area contributed by atoms with Gasteiger partial charge < -0.3 is 5.32 Å². The molecular weight excluding hydrogens is 322 g/mol. The highest BCUT2D eigenvalue weighted by atomic mass is 32.2. The van der Waals surface area contributed by atoms with E-state index in [0.29, 0.717) is 6.07 Å². The van der Waals surface area contributed by atoms with Crippen LogP contribution in [0, 0.1) is 11.6 Å². The summed E-state index contributed by atoms with van der Waals surface area (Å²) in [5, 5.41) is 3.23. The lowest BCUT2D eigenvalue weighted by Crippen LogP contribution is -2.39. The lowest BCUT2D eigenvalue weighted by atomic mass is 9.95. The fraction of sp³-hybridized carbons (Fsp3) is 0.250. The second kappa shape index (κ2) is 6.35. The van der Waals surface area contributed by atoms with E-state index < -0.39 is 26.6 Å². The summed E-state index contributed by atoms with van der Waals surface area (Å²) in [6.45, 7) is 0.799. The third-order valence-electron chi connectivity index (χ3n) is 3.88. The van der Waals surface area contributed by atoms with E-state index in [1.165, 1.54) is 0 Å². The minimum Gasteiger partial charge on any atom is -0.308 e. The van der Waals surface area contributed by atoms with Gasteiger partial charge in [-0.25, -0.2) is 21.9 Å². The number of halogens is 2. The molecule has 4 nitrogen and oxygen atoms in total. The number of hydrogen-bond acceptors (Lipinski definition) is 3. The number of nitrogens with one attached hydrogen (secondary N) is 2. The van der Waals surface area contributed by atoms with E-state index in [9.17, 15) is 17.2 Å². The van der Waals surface area contributed by atoms with Crippen molar-refractivity contribution in [1.82, 2.24) is 10.0 Å². The summed E-state index contributed by atoms with van der Waals surface area (Å²) in [5.74, 6) is -1.77. The summed E-state index contributed by atoms with van der Waals surface area (Å²) < 4.78 is 53.7. The van der Waals surface area contributed by atoms with Gasteiger partial charge in [0.2, 0.25) is 10.0 Å². The van der Waals surface area contributed by atoms with Crippen molar-refractivity contribution in [2.75, 3.05) is 13.1 Å². The van der Waals surface area contributed by atoms with E-state index in [2.05, 4.69) is 10.0 Å². The van der Waals surface area contributed by atoms with Crippen molar-refractivity contribution in [2.45, 2.75) is 17.4 Å². The monoisotopic (exact) mass is 338 g/mol. The van der Waals surface area contributed by atoms with Gasteiger partial charge in [-0.3, -0.25) is 0 Å². The molecule has 1 aliphatic heterocycles. The number of rotatable bonds is 4. The minimum absolute atomic E-state index is 0.0648. The Morgan fingerprint density at radius 3 is 2.78 bits per heavy atom. The van der Waals surface area contributed by atoms with Crippen LogP contribution in [0.2, 0.25) is 0 Å². The molecule has 0 amide bonds. The number of benzene rings is 2. The van der Waals surface area contributed by atoms with E-state index in [4.69, 9.17) is 0 Å². The van der Waals surface area contributed by atoms with Crippen LogP contribution in [-0.2, 0) is 16.4 Å². The third kappa shape index (κ3) is 3.41. The molecule has 0 fully saturated rings. The van der Waals surface area contributed by atoms with Crippen LogP contribution in [0.25, 0.3) is 0 Å². The molecular formula is C16H16F2N2O2S. The topological polar surface area (TPSA) is 58.2 Å². The van der Waals surface area contributed by atoms with E-state index in [1.54, 1.807) is 0 Å². The summed E-state index contributed by atoms with van der Waals surface area (Å²) in [7, 11) is -4.12. The summed E-state index contributed by atoms with van der Waals surface area (Å²) in [4.78, 5) is -0.679. The Labute approximate surface area is 133 Å². The first kappa shape index (κ1) is 16.0. The average Bonchev–Trinajstić information content (AvgIpc) is 2.55. The fourth-order valence-electron chi connectivity index (χ4n) is 2.73. The molecule has 23 heavy (non-hydrogen) atoms. The maximum atomic E-state index is 13.7. The Morgan fingerprint density at radius 2 is 1.96 bits per heavy atom. The van der Waals surface area contributed by atoms with Gasteiger partial charge in [-0.1, -0.05) is 24.3 Å². The Morgan fingerprint density at radius 1 is 1.17 bits per heavy atom. The van der Waals surface area contributed by atoms with E-state index >= 15 is 0 Å². The third-order valence-corrected chi connectivity index (χ3v) is 5.31. The van der Waals surface area contributed by atoms with Gasteiger partial charge in [0.25, 0.3) is 0 Å². The maximum absolute atomic E-state index is 13.7. The Balaban J connectivity index is 1.79. The Kier molecular flexibility index (Phi) is 4.43. The molecule has 0 aliphatic carbocycles. The Hall–Kier alpha value is -1.83. The van der Waals surface area contributed by atoms with Crippen LogP contribution in [0.15, 0.2) is 47.4 Å². The van der Waals surface area contributed by atoms with Crippen LogP contribution in [0.5, 0.6) is 0 Å². The molecule has 1 atom stereocenters. The molecule has 1 heterocycles. The van der Waals surface area contributed by atoms with Crippen LogP contribution >= 0.6 is 0 Å². The van der Waals surface area contributed by atoms with Gasteiger partial charge in [-0.05, 0) is 42.3 Å². The van der Waals surface area contributed by atoms with E-state index in [1.807, 2.05) is 24.3 Å². The van der Waals surface area contributed by atoms with Crippen LogP contribution in [0.1, 0.15) is 17.2 Å². The largest absolute Gasteiger partial charge is 0.308 e. The predicted octanol–water partition coefficient (Wildman–Crippen LogP) is 2.13. The SMILES string of the molecule is O=S(=O)(NCC1NCCc2ccccc21)c1cc(F)ccc1F. The standard InChI is InChI=1S/C16H16F2N2O2S/c17-12-5-6-14(18)16(9-12)23(21,22)20-10-15-13-4-2-1-3-11(13)7-8-19-15/h1-6,9,15,19-20H,7-8,10H2. The summed E-state index contributed by atoms with van der Waals surface area (Å²) >= 11 is 0. The van der Waals surface area contributed by atoms with Crippen LogP contribution < -0.4 is 10.0 Å². The van der Waals surface area contributed by atoms with Crippen molar-refractivity contribution in [1.29, 1.82) is 0 Å². The second-order valence-corrected chi connectivity index (χ2v) is 7.12. The molecule has 122 valence electrons. The molecule has 2 aromatic carbocycles. The number of fused-ring (bicyclic) bond motifs is 1. The Bertz CT molecular complexity index is 825. The van der Waals surface area contributed by atoms with Gasteiger partial charge in [0.05, 0.1) is 0 Å². The second-order valence-electron chi connectivity index (χ2n) is 5.38. The number of hydrogen-bond donors (Lipinski definition) is 2. The van der Waals surface area contributed by atoms with Crippen molar-refractivity contribution in [3.05, 3.63) is 65.2 Å². The molecule has 0 saturated carbocycles. The lowest BCUT2D eigenvalue weighted by molar-refractivity contribution is 0.489. The van der Waals surface area contributed by atoms with Gasteiger partial charge in [0.15, 0.2) is 0 Å². The zero-order chi connectivity index (χ0) is 16.4. The smallest absolute Gasteiger partial charge is 0.243 e. The first-order valence-corrected chi connectivity index (χ1v) is 8.71. The highest BCUT2D eigenvalue weighted by Gasteiger charge is 2.24. The molecule has 0 spiro atoms. The van der Waals surface area contributed by atoms with Gasteiger partial charge in [-0.15, -0.1) is 0 Å². The van der Waals surface area contributed by atoms with Crippen LogP contribution in [0.3, 0.4) is 0 Å². The van der Waals surface area contributed by atoms with Gasteiger partial charge in [0, 0.05) is 12.6 Å². The first-order chi connectivity index (χ1) is 11.0. The predicted molar refractivity (Wildman–Crippen MR) is 82.4 cm³/mol. The van der Waals surface area contributed by atoms with Crippen LogP contribution in [-0.4, -0.2) is 21.5 Å². The minimum atomic E-state index is -4.12. The van der Waals surface area contributed by atoms with Crippen molar-refractivity contribution in [3.63, 3.8) is 0 Å². The van der Waals surface area contributed by atoms with Gasteiger partial charge >= 0.3 is 0 Å². The van der Waals surface area contributed by atoms with Crippen molar-refractivity contribution in [3.8, 4) is 0 Å². The quantitative estimate of drug-likeness (QED) is 0.898. The molecule has 0 radical (unpaired) electrons. The molecule has 0 saturated heterocycles. The van der Waals surface area contributed by atoms with Gasteiger partial charge in [-0.2, -0.15) is 0 Å². The van der Waals surface area contributed by atoms with Gasteiger partial charge in [0.1, 0.15) is 16.5 Å². The fourth-order valence-corrected chi connectivity index (χ4v) is 3.86. The normalized spacial score (nSPS) is 17.7. The number of sulfonamides is 1. The molecule has 1 aliphatic rings. The van der Waals surface area contributed by atoms with E-state index in [0.717, 1.165) is 36.2 Å². The zero-order valence-corrected chi connectivity index (χ0v) is 13.0. The van der Waals surface area contributed by atoms with Crippen molar-refractivity contribution >= 4 is 10.0 Å². The summed E-state index contributed by atoms with van der Waals surface area (Å²) in [5.41, 5.74) is 2.17. The van der Waals surface area contributed by atoms with Crippen molar-refractivity contribution < 1.29 is 17.2 Å². The lowest BCUT2D eigenvalue weighted by Gasteiger charge is -2.27. The maximum Gasteiger partial charge on any atom is 0.243 e. The zero-order valence-electron chi connectivity index (χ0n) is 12.2. The molecule has 2 aromatic rings. The summed E-state index contributed by atoms with van der Waals surface area (Å²) in [6.07, 6.45) is 0.873. The highest BCUT2D eigenvalue weighted by molar-refractivity contribution is 7.89. The van der Waals surface area contributed by atoms with Crippen molar-refractivity contribution in [2.24, 2.45) is 0 Å². The summed E-state index contributed by atoms with van der Waals surface area (Å²) in [6, 6.07) is 9.93. The molecule has 0 aromatic heterocycles. The van der Waals surface area contributed by atoms with E-state index in [-0.39, 0.29) is 12.6 Å². The molecule has 7 heteroatoms. The average molecular weight is 338 g/mol. The van der Waals surface area contributed by atoms with Crippen LogP contribution in [0.4, 0.5) is 8.78 Å².